The first-order valence-corrected chi connectivity index (χ1v) is 6.70. The van der Waals surface area contributed by atoms with E-state index < -0.39 is 0 Å². The normalized spacial score (nSPS) is 14.9. The summed E-state index contributed by atoms with van der Waals surface area (Å²) in [6.45, 7) is 3.94. The molecule has 1 aromatic carbocycles. The van der Waals surface area contributed by atoms with E-state index in [1.54, 1.807) is 0 Å². The van der Waals surface area contributed by atoms with Gasteiger partial charge < -0.3 is 9.32 Å². The smallest absolute Gasteiger partial charge is 0.360 e. The van der Waals surface area contributed by atoms with Gasteiger partial charge in [0.25, 0.3) is 0 Å². The van der Waals surface area contributed by atoms with Crippen LogP contribution in [0.5, 0.6) is 0 Å². The lowest BCUT2D eigenvalue weighted by Crippen LogP contribution is -2.23. The highest BCUT2D eigenvalue weighted by Gasteiger charge is 2.16. The Morgan fingerprint density at radius 3 is 2.32 bits per heavy atom. The van der Waals surface area contributed by atoms with Crippen LogP contribution in [0.4, 0.5) is 5.69 Å². The summed E-state index contributed by atoms with van der Waals surface area (Å²) in [5.74, 6) is 0.632. The minimum absolute atomic E-state index is 0.236. The highest BCUT2D eigenvalue weighted by atomic mass is 16.4. The topological polar surface area (TPSA) is 33.5 Å². The minimum atomic E-state index is -0.236. The third-order valence-corrected chi connectivity index (χ3v) is 3.59. The van der Waals surface area contributed by atoms with Crippen LogP contribution in [0.2, 0.25) is 0 Å². The molecule has 0 aliphatic carbocycles. The van der Waals surface area contributed by atoms with Gasteiger partial charge >= 0.3 is 5.63 Å². The molecule has 3 nitrogen and oxygen atoms in total. The standard InChI is InChI=1S/C16H17NO2/c1-12-4-6-13(7-5-12)15-9-8-14(16(18)19-15)17-10-2-3-11-17/h4-9H,2-3,10-11H2,1H3. The molecule has 1 aliphatic heterocycles. The molecular weight excluding hydrogens is 238 g/mol. The monoisotopic (exact) mass is 255 g/mol. The molecule has 0 N–H and O–H groups in total. The molecule has 0 spiro atoms. The highest BCUT2D eigenvalue weighted by Crippen LogP contribution is 2.22. The van der Waals surface area contributed by atoms with E-state index >= 15 is 0 Å². The zero-order chi connectivity index (χ0) is 13.2. The number of anilines is 1. The average Bonchev–Trinajstić information content (AvgIpc) is 2.93. The molecule has 1 saturated heterocycles. The van der Waals surface area contributed by atoms with Gasteiger partial charge in [-0.05, 0) is 31.9 Å². The van der Waals surface area contributed by atoms with Crippen molar-refractivity contribution in [2.24, 2.45) is 0 Å². The Labute approximate surface area is 112 Å². The Balaban J connectivity index is 1.94. The van der Waals surface area contributed by atoms with E-state index in [1.807, 2.05) is 43.3 Å². The van der Waals surface area contributed by atoms with Gasteiger partial charge in [0.2, 0.25) is 0 Å². The molecule has 0 amide bonds. The van der Waals surface area contributed by atoms with Gasteiger partial charge in [-0.15, -0.1) is 0 Å². The Kier molecular flexibility index (Phi) is 3.11. The minimum Gasteiger partial charge on any atom is -0.421 e. The van der Waals surface area contributed by atoms with Crippen molar-refractivity contribution in [1.29, 1.82) is 0 Å². The summed E-state index contributed by atoms with van der Waals surface area (Å²) in [5.41, 5.74) is 2.59. The third-order valence-electron chi connectivity index (χ3n) is 3.59. The fourth-order valence-electron chi connectivity index (χ4n) is 2.47. The van der Waals surface area contributed by atoms with Crippen molar-refractivity contribution < 1.29 is 4.42 Å². The molecule has 0 unspecified atom stereocenters. The van der Waals surface area contributed by atoms with E-state index in [1.165, 1.54) is 5.56 Å². The number of hydrogen-bond acceptors (Lipinski definition) is 3. The molecule has 1 aromatic heterocycles. The van der Waals surface area contributed by atoms with Crippen LogP contribution in [-0.2, 0) is 0 Å². The largest absolute Gasteiger partial charge is 0.421 e. The highest BCUT2D eigenvalue weighted by molar-refractivity contribution is 5.59. The van der Waals surface area contributed by atoms with E-state index in [4.69, 9.17) is 4.42 Å². The van der Waals surface area contributed by atoms with Gasteiger partial charge in [0.1, 0.15) is 11.4 Å². The van der Waals surface area contributed by atoms with Crippen molar-refractivity contribution in [3.8, 4) is 11.3 Å². The zero-order valence-electron chi connectivity index (χ0n) is 11.1. The van der Waals surface area contributed by atoms with Crippen LogP contribution in [0.15, 0.2) is 45.6 Å². The van der Waals surface area contributed by atoms with Gasteiger partial charge in [-0.1, -0.05) is 29.8 Å². The van der Waals surface area contributed by atoms with Gasteiger partial charge in [-0.2, -0.15) is 0 Å². The SMILES string of the molecule is Cc1ccc(-c2ccc(N3CCCC3)c(=O)o2)cc1. The van der Waals surface area contributed by atoms with Crippen molar-refractivity contribution >= 4 is 5.69 Å². The number of aryl methyl sites for hydroxylation is 1. The first-order valence-electron chi connectivity index (χ1n) is 6.70. The molecule has 0 radical (unpaired) electrons. The third kappa shape index (κ3) is 2.41. The van der Waals surface area contributed by atoms with Crippen LogP contribution in [0, 0.1) is 6.92 Å². The Bertz CT molecular complexity index is 622. The fourth-order valence-corrected chi connectivity index (χ4v) is 2.47. The van der Waals surface area contributed by atoms with Crippen LogP contribution >= 0.6 is 0 Å². The lowest BCUT2D eigenvalue weighted by Gasteiger charge is -2.15. The van der Waals surface area contributed by atoms with Crippen LogP contribution < -0.4 is 10.5 Å². The van der Waals surface area contributed by atoms with Crippen LogP contribution in [-0.4, -0.2) is 13.1 Å². The van der Waals surface area contributed by atoms with E-state index in [0.717, 1.165) is 31.5 Å². The molecule has 1 aliphatic rings. The fraction of sp³-hybridized carbons (Fsp3) is 0.312. The first kappa shape index (κ1) is 12.0. The first-order chi connectivity index (χ1) is 9.24. The second-order valence-corrected chi connectivity index (χ2v) is 5.03. The summed E-state index contributed by atoms with van der Waals surface area (Å²) in [5, 5.41) is 0. The maximum absolute atomic E-state index is 12.1. The van der Waals surface area contributed by atoms with Crippen molar-refractivity contribution in [3.63, 3.8) is 0 Å². The van der Waals surface area contributed by atoms with Gasteiger partial charge in [0, 0.05) is 18.7 Å². The molecular formula is C16H17NO2. The van der Waals surface area contributed by atoms with Gasteiger partial charge in [0.05, 0.1) is 0 Å². The summed E-state index contributed by atoms with van der Waals surface area (Å²) >= 11 is 0. The van der Waals surface area contributed by atoms with Crippen LogP contribution in [0.1, 0.15) is 18.4 Å². The second kappa shape index (κ2) is 4.92. The summed E-state index contributed by atoms with van der Waals surface area (Å²) in [7, 11) is 0. The van der Waals surface area contributed by atoms with E-state index in [-0.39, 0.29) is 5.63 Å². The lowest BCUT2D eigenvalue weighted by atomic mass is 10.1. The molecule has 0 bridgehead atoms. The Morgan fingerprint density at radius 2 is 1.68 bits per heavy atom. The van der Waals surface area contributed by atoms with Crippen molar-refractivity contribution in [2.45, 2.75) is 19.8 Å². The predicted octanol–water partition coefficient (Wildman–Crippen LogP) is 3.22. The molecule has 0 saturated carbocycles. The predicted molar refractivity (Wildman–Crippen MR) is 76.6 cm³/mol. The molecule has 3 rings (SSSR count). The quantitative estimate of drug-likeness (QED) is 0.826. The van der Waals surface area contributed by atoms with Crippen molar-refractivity contribution in [1.82, 2.24) is 0 Å². The molecule has 98 valence electrons. The van der Waals surface area contributed by atoms with E-state index in [0.29, 0.717) is 11.4 Å². The Hall–Kier alpha value is -2.03. The molecule has 2 aromatic rings. The Morgan fingerprint density at radius 1 is 1.00 bits per heavy atom. The van der Waals surface area contributed by atoms with Crippen LogP contribution in [0.25, 0.3) is 11.3 Å². The molecule has 0 atom stereocenters. The lowest BCUT2D eigenvalue weighted by molar-refractivity contribution is 0.524. The number of hydrogen-bond donors (Lipinski definition) is 0. The summed E-state index contributed by atoms with van der Waals surface area (Å²) in [6, 6.07) is 11.8. The van der Waals surface area contributed by atoms with Crippen LogP contribution in [0.3, 0.4) is 0 Å². The molecule has 1 fully saturated rings. The maximum Gasteiger partial charge on any atom is 0.360 e. The van der Waals surface area contributed by atoms with Gasteiger partial charge in [-0.3, -0.25) is 0 Å². The molecule has 19 heavy (non-hydrogen) atoms. The maximum atomic E-state index is 12.1. The zero-order valence-corrected chi connectivity index (χ0v) is 11.1. The second-order valence-electron chi connectivity index (χ2n) is 5.03. The number of nitrogens with zero attached hydrogens (tertiary/aromatic N) is 1. The average molecular weight is 255 g/mol. The van der Waals surface area contributed by atoms with Gasteiger partial charge in [0.15, 0.2) is 0 Å². The molecule has 3 heteroatoms. The van der Waals surface area contributed by atoms with E-state index in [2.05, 4.69) is 4.90 Å². The number of benzene rings is 1. The van der Waals surface area contributed by atoms with Gasteiger partial charge in [-0.25, -0.2) is 4.79 Å². The summed E-state index contributed by atoms with van der Waals surface area (Å²) in [6.07, 6.45) is 2.30. The van der Waals surface area contributed by atoms with Crippen molar-refractivity contribution in [2.75, 3.05) is 18.0 Å². The molecule has 2 heterocycles. The van der Waals surface area contributed by atoms with Crippen molar-refractivity contribution in [3.05, 3.63) is 52.4 Å². The van der Waals surface area contributed by atoms with E-state index in [9.17, 15) is 4.79 Å². The number of rotatable bonds is 2. The summed E-state index contributed by atoms with van der Waals surface area (Å²) in [4.78, 5) is 14.2. The summed E-state index contributed by atoms with van der Waals surface area (Å²) < 4.78 is 5.45.